The van der Waals surface area contributed by atoms with Crippen molar-refractivity contribution < 1.29 is 4.74 Å². The second-order valence-corrected chi connectivity index (χ2v) is 5.61. The first-order chi connectivity index (χ1) is 9.70. The predicted molar refractivity (Wildman–Crippen MR) is 83.5 cm³/mol. The van der Waals surface area contributed by atoms with Crippen LogP contribution in [-0.4, -0.2) is 30.8 Å². The summed E-state index contributed by atoms with van der Waals surface area (Å²) in [6.45, 7) is 2.94. The number of fused-ring (bicyclic) bond motifs is 1. The Morgan fingerprint density at radius 3 is 2.90 bits per heavy atom. The lowest BCUT2D eigenvalue weighted by molar-refractivity contribution is 0.118. The lowest BCUT2D eigenvalue weighted by Crippen LogP contribution is -2.37. The molecule has 3 nitrogen and oxygen atoms in total. The second kappa shape index (κ2) is 5.58. The summed E-state index contributed by atoms with van der Waals surface area (Å²) in [5, 5.41) is 1.14. The van der Waals surface area contributed by atoms with E-state index in [9.17, 15) is 0 Å². The van der Waals surface area contributed by atoms with Crippen LogP contribution in [0.4, 0.5) is 5.82 Å². The van der Waals surface area contributed by atoms with Gasteiger partial charge in [-0.3, -0.25) is 0 Å². The number of pyridine rings is 1. The van der Waals surface area contributed by atoms with Gasteiger partial charge in [0.05, 0.1) is 23.5 Å². The van der Waals surface area contributed by atoms with E-state index in [-0.39, 0.29) is 6.10 Å². The molecule has 20 heavy (non-hydrogen) atoms. The van der Waals surface area contributed by atoms with Gasteiger partial charge >= 0.3 is 0 Å². The number of hydrogen-bond acceptors (Lipinski definition) is 3. The van der Waals surface area contributed by atoms with Crippen LogP contribution in [0.2, 0.25) is 0 Å². The maximum Gasteiger partial charge on any atom is 0.133 e. The Morgan fingerprint density at radius 2 is 2.20 bits per heavy atom. The number of rotatable bonds is 3. The highest BCUT2D eigenvalue weighted by Gasteiger charge is 2.29. The number of nitrogens with zero attached hydrogens (tertiary/aromatic N) is 2. The summed E-state index contributed by atoms with van der Waals surface area (Å²) in [6.07, 6.45) is 1.27. The number of para-hydroxylation sites is 1. The molecule has 0 bridgehead atoms. The maximum atomic E-state index is 6.12. The van der Waals surface area contributed by atoms with Crippen molar-refractivity contribution in [2.24, 2.45) is 0 Å². The molecule has 0 saturated carbocycles. The molecule has 2 aromatic rings. The molecule has 1 aromatic heterocycles. The van der Waals surface area contributed by atoms with Crippen molar-refractivity contribution in [3.05, 3.63) is 35.9 Å². The first kappa shape index (κ1) is 13.7. The van der Waals surface area contributed by atoms with Crippen LogP contribution in [0.1, 0.15) is 18.9 Å². The highest BCUT2D eigenvalue weighted by atomic mass is 35.5. The molecule has 1 aliphatic heterocycles. The summed E-state index contributed by atoms with van der Waals surface area (Å²) in [5.74, 6) is 1.44. The standard InChI is InChI=1S/C16H19ClN2O/c1-11-15(7-8-20-11)19(2)16-13(10-17)9-12-5-3-4-6-14(12)18-16/h3-6,9,11,15H,7-8,10H2,1-2H3. The number of alkyl halides is 1. The molecule has 0 aliphatic carbocycles. The quantitative estimate of drug-likeness (QED) is 0.808. The van der Waals surface area contributed by atoms with Gasteiger partial charge in [0, 0.05) is 24.6 Å². The summed E-state index contributed by atoms with van der Waals surface area (Å²) in [4.78, 5) is 7.03. The average molecular weight is 291 g/mol. The van der Waals surface area contributed by atoms with Crippen LogP contribution >= 0.6 is 11.6 Å². The van der Waals surface area contributed by atoms with E-state index in [0.717, 1.165) is 35.3 Å². The third-order valence-electron chi connectivity index (χ3n) is 4.09. The Balaban J connectivity index is 2.04. The van der Waals surface area contributed by atoms with Gasteiger partial charge in [-0.1, -0.05) is 18.2 Å². The van der Waals surface area contributed by atoms with Crippen molar-refractivity contribution in [2.45, 2.75) is 31.4 Å². The number of ether oxygens (including phenoxy) is 1. The zero-order valence-electron chi connectivity index (χ0n) is 11.8. The van der Waals surface area contributed by atoms with Crippen molar-refractivity contribution in [1.29, 1.82) is 0 Å². The van der Waals surface area contributed by atoms with E-state index in [1.165, 1.54) is 0 Å². The van der Waals surface area contributed by atoms with Crippen LogP contribution in [0.15, 0.2) is 30.3 Å². The minimum Gasteiger partial charge on any atom is -0.376 e. The summed E-state index contributed by atoms with van der Waals surface area (Å²) in [5.41, 5.74) is 2.08. The van der Waals surface area contributed by atoms with Crippen molar-refractivity contribution in [2.75, 3.05) is 18.6 Å². The van der Waals surface area contributed by atoms with Crippen LogP contribution in [0.5, 0.6) is 0 Å². The van der Waals surface area contributed by atoms with Crippen LogP contribution < -0.4 is 4.90 Å². The summed E-state index contributed by atoms with van der Waals surface area (Å²) in [7, 11) is 2.09. The van der Waals surface area contributed by atoms with E-state index in [0.29, 0.717) is 11.9 Å². The number of aromatic nitrogens is 1. The third kappa shape index (κ3) is 2.36. The van der Waals surface area contributed by atoms with Crippen molar-refractivity contribution in [3.63, 3.8) is 0 Å². The van der Waals surface area contributed by atoms with Gasteiger partial charge in [-0.05, 0) is 25.5 Å². The molecule has 106 valence electrons. The highest BCUT2D eigenvalue weighted by Crippen LogP contribution is 2.29. The molecule has 1 fully saturated rings. The van der Waals surface area contributed by atoms with E-state index in [1.54, 1.807) is 0 Å². The number of likely N-dealkylation sites (N-methyl/N-ethyl adjacent to an activating group) is 1. The summed E-state index contributed by atoms with van der Waals surface area (Å²) in [6, 6.07) is 10.7. The minimum atomic E-state index is 0.233. The van der Waals surface area contributed by atoms with Gasteiger partial charge in [-0.25, -0.2) is 4.98 Å². The molecule has 4 heteroatoms. The molecule has 0 amide bonds. The largest absolute Gasteiger partial charge is 0.376 e. The molecule has 2 unspecified atom stereocenters. The molecule has 1 saturated heterocycles. The Bertz CT molecular complexity index is 616. The van der Waals surface area contributed by atoms with Gasteiger partial charge in [-0.15, -0.1) is 11.6 Å². The zero-order valence-corrected chi connectivity index (χ0v) is 12.6. The maximum absolute atomic E-state index is 6.12. The number of hydrogen-bond donors (Lipinski definition) is 0. The monoisotopic (exact) mass is 290 g/mol. The molecule has 1 aromatic carbocycles. The van der Waals surface area contributed by atoms with Crippen LogP contribution in [0, 0.1) is 0 Å². The van der Waals surface area contributed by atoms with Crippen LogP contribution in [-0.2, 0) is 10.6 Å². The molecule has 2 atom stereocenters. The number of benzene rings is 1. The Labute approximate surface area is 124 Å². The van der Waals surface area contributed by atoms with Gasteiger partial charge in [-0.2, -0.15) is 0 Å². The molecule has 0 N–H and O–H groups in total. The number of anilines is 1. The predicted octanol–water partition coefficient (Wildman–Crippen LogP) is 3.59. The molecule has 1 aliphatic rings. The van der Waals surface area contributed by atoms with Gasteiger partial charge in [0.1, 0.15) is 5.82 Å². The van der Waals surface area contributed by atoms with Gasteiger partial charge in [0.15, 0.2) is 0 Å². The molecular weight excluding hydrogens is 272 g/mol. The lowest BCUT2D eigenvalue weighted by atomic mass is 10.1. The lowest BCUT2D eigenvalue weighted by Gasteiger charge is -2.29. The SMILES string of the molecule is CC1OCCC1N(C)c1nc2ccccc2cc1CCl. The van der Waals surface area contributed by atoms with Gasteiger partial charge < -0.3 is 9.64 Å². The Hall–Kier alpha value is -1.32. The fourth-order valence-electron chi connectivity index (χ4n) is 2.94. The van der Waals surface area contributed by atoms with Gasteiger partial charge in [0.25, 0.3) is 0 Å². The first-order valence-electron chi connectivity index (χ1n) is 7.00. The van der Waals surface area contributed by atoms with Gasteiger partial charge in [0.2, 0.25) is 0 Å². The fourth-order valence-corrected chi connectivity index (χ4v) is 3.14. The Kier molecular flexibility index (Phi) is 3.81. The van der Waals surface area contributed by atoms with E-state index < -0.39 is 0 Å². The minimum absolute atomic E-state index is 0.233. The van der Waals surface area contributed by atoms with Crippen LogP contribution in [0.25, 0.3) is 10.9 Å². The van der Waals surface area contributed by atoms with E-state index in [1.807, 2.05) is 18.2 Å². The van der Waals surface area contributed by atoms with Crippen molar-refractivity contribution in [3.8, 4) is 0 Å². The van der Waals surface area contributed by atoms with Crippen LogP contribution in [0.3, 0.4) is 0 Å². The smallest absolute Gasteiger partial charge is 0.133 e. The van der Waals surface area contributed by atoms with Crippen molar-refractivity contribution in [1.82, 2.24) is 4.98 Å². The summed E-state index contributed by atoms with van der Waals surface area (Å²) >= 11 is 6.12. The zero-order chi connectivity index (χ0) is 14.1. The molecule has 3 rings (SSSR count). The normalized spacial score (nSPS) is 22.4. The van der Waals surface area contributed by atoms with Crippen molar-refractivity contribution >= 4 is 28.3 Å². The van der Waals surface area contributed by atoms with E-state index in [2.05, 4.69) is 31.0 Å². The van der Waals surface area contributed by atoms with E-state index in [4.69, 9.17) is 21.3 Å². The average Bonchev–Trinajstić information content (AvgIpc) is 2.91. The Morgan fingerprint density at radius 1 is 1.40 bits per heavy atom. The third-order valence-corrected chi connectivity index (χ3v) is 4.38. The molecular formula is C16H19ClN2O. The summed E-state index contributed by atoms with van der Waals surface area (Å²) < 4.78 is 5.67. The highest BCUT2D eigenvalue weighted by molar-refractivity contribution is 6.17. The number of halogens is 1. The van der Waals surface area contributed by atoms with E-state index >= 15 is 0 Å². The topological polar surface area (TPSA) is 25.4 Å². The molecule has 0 spiro atoms. The molecule has 2 heterocycles. The molecule has 0 radical (unpaired) electrons. The fraction of sp³-hybridized carbons (Fsp3) is 0.438. The first-order valence-corrected chi connectivity index (χ1v) is 7.53. The second-order valence-electron chi connectivity index (χ2n) is 5.34.